The van der Waals surface area contributed by atoms with E-state index in [1.54, 1.807) is 0 Å². The molecule has 100 valence electrons. The van der Waals surface area contributed by atoms with E-state index in [0.717, 1.165) is 5.92 Å². The zero-order valence-electron chi connectivity index (χ0n) is 11.6. The molecule has 1 aliphatic heterocycles. The highest BCUT2D eigenvalue weighted by atomic mass is 32.1. The van der Waals surface area contributed by atoms with Gasteiger partial charge in [-0.3, -0.25) is 0 Å². The van der Waals surface area contributed by atoms with Crippen LogP contribution in [-0.2, 0) is 6.42 Å². The second-order valence-electron chi connectivity index (χ2n) is 5.88. The topological polar surface area (TPSA) is 28.2 Å². The molecule has 3 nitrogen and oxygen atoms in total. The lowest BCUT2D eigenvalue weighted by Gasteiger charge is -2.21. The molecule has 18 heavy (non-hydrogen) atoms. The van der Waals surface area contributed by atoms with Gasteiger partial charge in [-0.25, -0.2) is 4.98 Å². The fourth-order valence-electron chi connectivity index (χ4n) is 3.38. The van der Waals surface area contributed by atoms with Crippen LogP contribution in [0, 0.1) is 5.92 Å². The van der Waals surface area contributed by atoms with Gasteiger partial charge in [0.05, 0.1) is 11.7 Å². The summed E-state index contributed by atoms with van der Waals surface area (Å²) in [5.74, 6) is 0.807. The molecule has 2 aliphatic rings. The van der Waals surface area contributed by atoms with E-state index in [2.05, 4.69) is 31.1 Å². The summed E-state index contributed by atoms with van der Waals surface area (Å²) in [5, 5.41) is 4.67. The lowest BCUT2D eigenvalue weighted by atomic mass is 9.98. The SMILES string of the molecule is CNC1CCCc2sc(N3CC(C)CC3C)nc21. The van der Waals surface area contributed by atoms with Crippen molar-refractivity contribution in [1.82, 2.24) is 10.3 Å². The molecule has 1 aliphatic carbocycles. The van der Waals surface area contributed by atoms with Crippen molar-refractivity contribution in [2.45, 2.75) is 51.6 Å². The third-order valence-electron chi connectivity index (χ3n) is 4.32. The predicted octanol–water partition coefficient (Wildman–Crippen LogP) is 2.97. The van der Waals surface area contributed by atoms with Crippen LogP contribution in [0.25, 0.3) is 0 Å². The Balaban J connectivity index is 1.88. The lowest BCUT2D eigenvalue weighted by Crippen LogP contribution is -2.26. The number of fused-ring (bicyclic) bond motifs is 1. The van der Waals surface area contributed by atoms with Gasteiger partial charge in [-0.1, -0.05) is 6.92 Å². The van der Waals surface area contributed by atoms with E-state index in [-0.39, 0.29) is 0 Å². The molecular formula is C14H23N3S. The molecule has 0 radical (unpaired) electrons. The van der Waals surface area contributed by atoms with Crippen LogP contribution < -0.4 is 10.2 Å². The van der Waals surface area contributed by atoms with Crippen LogP contribution in [0.15, 0.2) is 0 Å². The summed E-state index contributed by atoms with van der Waals surface area (Å²) in [7, 11) is 2.05. The number of hydrogen-bond donors (Lipinski definition) is 1. The Morgan fingerprint density at radius 1 is 1.39 bits per heavy atom. The minimum atomic E-state index is 0.481. The lowest BCUT2D eigenvalue weighted by molar-refractivity contribution is 0.489. The van der Waals surface area contributed by atoms with Crippen molar-refractivity contribution in [3.8, 4) is 0 Å². The molecule has 1 saturated heterocycles. The molecule has 1 fully saturated rings. The number of rotatable bonds is 2. The highest BCUT2D eigenvalue weighted by Gasteiger charge is 2.31. The van der Waals surface area contributed by atoms with Gasteiger partial charge in [-0.2, -0.15) is 0 Å². The molecule has 3 atom stereocenters. The fourth-order valence-corrected chi connectivity index (χ4v) is 4.65. The highest BCUT2D eigenvalue weighted by molar-refractivity contribution is 7.15. The van der Waals surface area contributed by atoms with Crippen molar-refractivity contribution in [3.63, 3.8) is 0 Å². The maximum absolute atomic E-state index is 4.95. The second-order valence-corrected chi connectivity index (χ2v) is 6.94. The van der Waals surface area contributed by atoms with Crippen LogP contribution in [0.4, 0.5) is 5.13 Å². The van der Waals surface area contributed by atoms with E-state index < -0.39 is 0 Å². The molecule has 1 aromatic heterocycles. The summed E-state index contributed by atoms with van der Waals surface area (Å²) in [6.07, 6.45) is 5.06. The highest BCUT2D eigenvalue weighted by Crippen LogP contribution is 2.39. The summed E-state index contributed by atoms with van der Waals surface area (Å²) in [6, 6.07) is 1.13. The monoisotopic (exact) mass is 265 g/mol. The quantitative estimate of drug-likeness (QED) is 0.891. The fraction of sp³-hybridized carbons (Fsp3) is 0.786. The number of hydrogen-bond acceptors (Lipinski definition) is 4. The average Bonchev–Trinajstić information content (AvgIpc) is 2.91. The number of aryl methyl sites for hydroxylation is 1. The van der Waals surface area contributed by atoms with Crippen molar-refractivity contribution in [2.75, 3.05) is 18.5 Å². The van der Waals surface area contributed by atoms with E-state index in [1.807, 2.05) is 11.3 Å². The molecule has 0 bridgehead atoms. The van der Waals surface area contributed by atoms with Crippen LogP contribution in [0.5, 0.6) is 0 Å². The minimum Gasteiger partial charge on any atom is -0.345 e. The molecule has 4 heteroatoms. The van der Waals surface area contributed by atoms with Crippen LogP contribution >= 0.6 is 11.3 Å². The van der Waals surface area contributed by atoms with Crippen molar-refractivity contribution in [1.29, 1.82) is 0 Å². The van der Waals surface area contributed by atoms with Crippen molar-refractivity contribution in [3.05, 3.63) is 10.6 Å². The minimum absolute atomic E-state index is 0.481. The summed E-state index contributed by atoms with van der Waals surface area (Å²) >= 11 is 1.93. The Morgan fingerprint density at radius 2 is 2.22 bits per heavy atom. The van der Waals surface area contributed by atoms with Gasteiger partial charge in [0, 0.05) is 17.5 Å². The molecule has 0 aromatic carbocycles. The Kier molecular flexibility index (Phi) is 3.32. The third kappa shape index (κ3) is 2.05. The normalized spacial score (nSPS) is 31.7. The Hall–Kier alpha value is -0.610. The summed E-state index contributed by atoms with van der Waals surface area (Å²) in [4.78, 5) is 8.98. The van der Waals surface area contributed by atoms with Gasteiger partial charge in [0.15, 0.2) is 5.13 Å². The van der Waals surface area contributed by atoms with Crippen LogP contribution in [0.1, 0.15) is 49.7 Å². The largest absolute Gasteiger partial charge is 0.345 e. The first-order valence-corrected chi connectivity index (χ1v) is 7.94. The first kappa shape index (κ1) is 12.4. The maximum atomic E-state index is 4.95. The molecule has 3 rings (SSSR count). The van der Waals surface area contributed by atoms with Crippen LogP contribution in [0.3, 0.4) is 0 Å². The van der Waals surface area contributed by atoms with E-state index in [4.69, 9.17) is 4.98 Å². The van der Waals surface area contributed by atoms with E-state index >= 15 is 0 Å². The smallest absolute Gasteiger partial charge is 0.186 e. The van der Waals surface area contributed by atoms with E-state index in [0.29, 0.717) is 12.1 Å². The van der Waals surface area contributed by atoms with Gasteiger partial charge in [0.1, 0.15) is 0 Å². The van der Waals surface area contributed by atoms with Crippen LogP contribution in [0.2, 0.25) is 0 Å². The number of nitrogens with zero attached hydrogens (tertiary/aromatic N) is 2. The summed E-state index contributed by atoms with van der Waals surface area (Å²) in [5.41, 5.74) is 1.33. The van der Waals surface area contributed by atoms with Gasteiger partial charge in [0.2, 0.25) is 0 Å². The molecule has 0 amide bonds. The number of nitrogens with one attached hydrogen (secondary N) is 1. The summed E-state index contributed by atoms with van der Waals surface area (Å²) < 4.78 is 0. The van der Waals surface area contributed by atoms with E-state index in [1.165, 1.54) is 47.9 Å². The Bertz CT molecular complexity index is 429. The zero-order valence-corrected chi connectivity index (χ0v) is 12.4. The molecule has 2 heterocycles. The van der Waals surface area contributed by atoms with Crippen molar-refractivity contribution >= 4 is 16.5 Å². The van der Waals surface area contributed by atoms with E-state index in [9.17, 15) is 0 Å². The Morgan fingerprint density at radius 3 is 2.89 bits per heavy atom. The molecule has 0 spiro atoms. The first-order valence-electron chi connectivity index (χ1n) is 7.12. The van der Waals surface area contributed by atoms with Crippen LogP contribution in [-0.4, -0.2) is 24.6 Å². The van der Waals surface area contributed by atoms with Crippen molar-refractivity contribution in [2.24, 2.45) is 5.92 Å². The Labute approximate surface area is 114 Å². The summed E-state index contributed by atoms with van der Waals surface area (Å²) in [6.45, 7) is 5.86. The van der Waals surface area contributed by atoms with Crippen molar-refractivity contribution < 1.29 is 0 Å². The average molecular weight is 265 g/mol. The maximum Gasteiger partial charge on any atom is 0.186 e. The van der Waals surface area contributed by atoms with Gasteiger partial charge in [-0.15, -0.1) is 11.3 Å². The molecule has 3 unspecified atom stereocenters. The molecule has 1 N–H and O–H groups in total. The van der Waals surface area contributed by atoms with Gasteiger partial charge >= 0.3 is 0 Å². The number of anilines is 1. The number of aromatic nitrogens is 1. The first-order chi connectivity index (χ1) is 8.69. The molecule has 1 aromatic rings. The number of thiazole rings is 1. The van der Waals surface area contributed by atoms with Gasteiger partial charge < -0.3 is 10.2 Å². The standard InChI is InChI=1S/C14H23N3S/c1-9-7-10(2)17(8-9)14-16-13-11(15-3)5-4-6-12(13)18-14/h9-11,15H,4-8H2,1-3H3. The second kappa shape index (κ2) is 4.82. The zero-order chi connectivity index (χ0) is 12.7. The third-order valence-corrected chi connectivity index (χ3v) is 5.49. The predicted molar refractivity (Wildman–Crippen MR) is 77.4 cm³/mol. The van der Waals surface area contributed by atoms with Gasteiger partial charge in [0.25, 0.3) is 0 Å². The molecular weight excluding hydrogens is 242 g/mol. The van der Waals surface area contributed by atoms with Gasteiger partial charge in [-0.05, 0) is 45.6 Å². The molecule has 0 saturated carbocycles.